The van der Waals surface area contributed by atoms with Crippen LogP contribution in [0.2, 0.25) is 0 Å². The van der Waals surface area contributed by atoms with Crippen molar-refractivity contribution in [2.45, 2.75) is 33.0 Å². The Kier molecular flexibility index (Phi) is 7.46. The predicted octanol–water partition coefficient (Wildman–Crippen LogP) is 3.78. The van der Waals surface area contributed by atoms with Crippen LogP contribution in [0, 0.1) is 6.92 Å². The Balaban J connectivity index is 1.92. The van der Waals surface area contributed by atoms with Crippen molar-refractivity contribution in [2.24, 2.45) is 4.99 Å². The summed E-state index contributed by atoms with van der Waals surface area (Å²) in [5, 5.41) is 7.72. The third-order valence-electron chi connectivity index (χ3n) is 3.71. The summed E-state index contributed by atoms with van der Waals surface area (Å²) in [4.78, 5) is 8.13. The molecule has 148 valence electrons. The van der Waals surface area contributed by atoms with E-state index in [-0.39, 0.29) is 0 Å². The second-order valence-electron chi connectivity index (χ2n) is 5.80. The van der Waals surface area contributed by atoms with Gasteiger partial charge < -0.3 is 15.4 Å². The highest BCUT2D eigenvalue weighted by molar-refractivity contribution is 7.09. The maximum atomic E-state index is 12.6. The number of nitrogens with zero attached hydrogens (tertiary/aromatic N) is 2. The number of benzene rings is 1. The zero-order valence-corrected chi connectivity index (χ0v) is 16.3. The van der Waals surface area contributed by atoms with Crippen molar-refractivity contribution in [3.8, 4) is 5.75 Å². The number of rotatable bonds is 7. The second kappa shape index (κ2) is 9.59. The molecule has 9 heteroatoms. The lowest BCUT2D eigenvalue weighted by Gasteiger charge is -2.11. The zero-order valence-electron chi connectivity index (χ0n) is 15.5. The van der Waals surface area contributed by atoms with E-state index in [0.29, 0.717) is 37.0 Å². The second-order valence-corrected chi connectivity index (χ2v) is 6.74. The molecule has 0 atom stereocenters. The number of guanidine groups is 1. The van der Waals surface area contributed by atoms with Crippen molar-refractivity contribution >= 4 is 17.3 Å². The third kappa shape index (κ3) is 6.42. The fraction of sp³-hybridized carbons (Fsp3) is 0.444. The molecule has 0 saturated carbocycles. The van der Waals surface area contributed by atoms with Crippen molar-refractivity contribution in [3.63, 3.8) is 0 Å². The number of alkyl halides is 3. The summed E-state index contributed by atoms with van der Waals surface area (Å²) in [6.45, 7) is 5.50. The van der Waals surface area contributed by atoms with Crippen molar-refractivity contribution < 1.29 is 17.9 Å². The largest absolute Gasteiger partial charge is 0.496 e. The lowest BCUT2D eigenvalue weighted by Crippen LogP contribution is -2.38. The molecule has 1 heterocycles. The van der Waals surface area contributed by atoms with E-state index < -0.39 is 11.9 Å². The lowest BCUT2D eigenvalue weighted by molar-refractivity contribution is -0.140. The molecule has 5 nitrogen and oxygen atoms in total. The molecule has 0 amide bonds. The van der Waals surface area contributed by atoms with Gasteiger partial charge in [-0.05, 0) is 31.0 Å². The molecule has 0 saturated heterocycles. The predicted molar refractivity (Wildman–Crippen MR) is 101 cm³/mol. The van der Waals surface area contributed by atoms with Gasteiger partial charge in [-0.2, -0.15) is 13.2 Å². The van der Waals surface area contributed by atoms with Crippen LogP contribution in [0.5, 0.6) is 5.75 Å². The molecule has 2 aromatic rings. The molecule has 0 aliphatic rings. The standard InChI is InChI=1S/C18H23F3N4OS/c1-4-22-17(24-10-13-6-5-12(2)14(9-13)26-3)23-8-7-16-25-15(11-27-16)18(19,20)21/h5-6,9,11H,4,7-8,10H2,1-3H3,(H2,22,23,24). The Morgan fingerprint density at radius 3 is 2.70 bits per heavy atom. The van der Waals surface area contributed by atoms with Crippen LogP contribution >= 0.6 is 11.3 Å². The Bertz CT molecular complexity index is 774. The number of aromatic nitrogens is 1. The Labute approximate surface area is 160 Å². The van der Waals surface area contributed by atoms with Crippen molar-refractivity contribution in [1.82, 2.24) is 15.6 Å². The third-order valence-corrected chi connectivity index (χ3v) is 4.62. The van der Waals surface area contributed by atoms with Crippen LogP contribution in [-0.4, -0.2) is 31.1 Å². The summed E-state index contributed by atoms with van der Waals surface area (Å²) in [7, 11) is 1.63. The fourth-order valence-electron chi connectivity index (χ4n) is 2.32. The Morgan fingerprint density at radius 1 is 1.30 bits per heavy atom. The van der Waals surface area contributed by atoms with Crippen LogP contribution in [0.4, 0.5) is 13.2 Å². The smallest absolute Gasteiger partial charge is 0.434 e. The number of halogens is 3. The van der Waals surface area contributed by atoms with E-state index in [4.69, 9.17) is 4.74 Å². The summed E-state index contributed by atoms with van der Waals surface area (Å²) in [5.74, 6) is 1.41. The van der Waals surface area contributed by atoms with Gasteiger partial charge in [0.25, 0.3) is 0 Å². The van der Waals surface area contributed by atoms with Crippen LogP contribution in [-0.2, 0) is 19.1 Å². The van der Waals surface area contributed by atoms with Gasteiger partial charge in [-0.3, -0.25) is 0 Å². The van der Waals surface area contributed by atoms with Crippen LogP contribution in [0.25, 0.3) is 0 Å². The van der Waals surface area contributed by atoms with Gasteiger partial charge in [-0.1, -0.05) is 12.1 Å². The number of ether oxygens (including phenoxy) is 1. The van der Waals surface area contributed by atoms with Crippen LogP contribution in [0.1, 0.15) is 28.8 Å². The van der Waals surface area contributed by atoms with E-state index in [1.807, 2.05) is 32.0 Å². The monoisotopic (exact) mass is 400 g/mol. The molecule has 2 rings (SSSR count). The average Bonchev–Trinajstić information content (AvgIpc) is 3.10. The normalized spacial score (nSPS) is 12.1. The molecule has 0 spiro atoms. The minimum atomic E-state index is -4.40. The van der Waals surface area contributed by atoms with Gasteiger partial charge in [-0.15, -0.1) is 11.3 Å². The highest BCUT2D eigenvalue weighted by Gasteiger charge is 2.33. The Hall–Kier alpha value is -2.29. The molecule has 0 aliphatic carbocycles. The topological polar surface area (TPSA) is 58.5 Å². The summed E-state index contributed by atoms with van der Waals surface area (Å²) in [6.07, 6.45) is -4.00. The molecule has 1 aromatic carbocycles. The summed E-state index contributed by atoms with van der Waals surface area (Å²) < 4.78 is 43.1. The fourth-order valence-corrected chi connectivity index (χ4v) is 3.12. The number of methoxy groups -OCH3 is 1. The van der Waals surface area contributed by atoms with Gasteiger partial charge >= 0.3 is 6.18 Å². The molecule has 27 heavy (non-hydrogen) atoms. The summed E-state index contributed by atoms with van der Waals surface area (Å²) in [6, 6.07) is 5.90. The van der Waals surface area contributed by atoms with Gasteiger partial charge in [0.05, 0.1) is 18.7 Å². The van der Waals surface area contributed by atoms with Crippen molar-refractivity contribution in [3.05, 3.63) is 45.4 Å². The maximum Gasteiger partial charge on any atom is 0.434 e. The van der Waals surface area contributed by atoms with Crippen LogP contribution in [0.3, 0.4) is 0 Å². The molecule has 0 bridgehead atoms. The first-order valence-corrected chi connectivity index (χ1v) is 9.38. The van der Waals surface area contributed by atoms with E-state index in [2.05, 4.69) is 20.6 Å². The van der Waals surface area contributed by atoms with Crippen molar-refractivity contribution in [1.29, 1.82) is 0 Å². The zero-order chi connectivity index (χ0) is 19.9. The van der Waals surface area contributed by atoms with Gasteiger partial charge in [0.15, 0.2) is 11.7 Å². The molecular formula is C18H23F3N4OS. The number of hydrogen-bond acceptors (Lipinski definition) is 4. The number of aryl methyl sites for hydroxylation is 1. The highest BCUT2D eigenvalue weighted by Crippen LogP contribution is 2.30. The number of hydrogen-bond donors (Lipinski definition) is 2. The summed E-state index contributed by atoms with van der Waals surface area (Å²) >= 11 is 1.01. The van der Waals surface area contributed by atoms with Gasteiger partial charge in [0.1, 0.15) is 5.75 Å². The van der Waals surface area contributed by atoms with E-state index in [0.717, 1.165) is 33.6 Å². The molecule has 1 aromatic heterocycles. The number of nitrogens with one attached hydrogen (secondary N) is 2. The van der Waals surface area contributed by atoms with Gasteiger partial charge in [-0.25, -0.2) is 9.98 Å². The quantitative estimate of drug-likeness (QED) is 0.549. The molecular weight excluding hydrogens is 377 g/mol. The van der Waals surface area contributed by atoms with E-state index in [1.54, 1.807) is 7.11 Å². The number of thiazole rings is 1. The SMILES string of the molecule is CCNC(=NCc1ccc(C)c(OC)c1)NCCc1nc(C(F)(F)F)cs1. The number of aliphatic imine (C=N–C) groups is 1. The van der Waals surface area contributed by atoms with Gasteiger partial charge in [0.2, 0.25) is 0 Å². The molecule has 0 unspecified atom stereocenters. The molecule has 0 fully saturated rings. The average molecular weight is 400 g/mol. The first kappa shape index (κ1) is 21.0. The molecule has 0 radical (unpaired) electrons. The summed E-state index contributed by atoms with van der Waals surface area (Å²) in [5.41, 5.74) is 1.22. The van der Waals surface area contributed by atoms with E-state index in [1.165, 1.54) is 0 Å². The minimum absolute atomic E-state index is 0.392. The first-order valence-electron chi connectivity index (χ1n) is 8.50. The highest BCUT2D eigenvalue weighted by atomic mass is 32.1. The first-order chi connectivity index (χ1) is 12.8. The van der Waals surface area contributed by atoms with Crippen LogP contribution < -0.4 is 15.4 Å². The maximum absolute atomic E-state index is 12.6. The minimum Gasteiger partial charge on any atom is -0.496 e. The van der Waals surface area contributed by atoms with Crippen molar-refractivity contribution in [2.75, 3.05) is 20.2 Å². The van der Waals surface area contributed by atoms with Gasteiger partial charge in [0, 0.05) is 24.9 Å². The lowest BCUT2D eigenvalue weighted by atomic mass is 10.1. The Morgan fingerprint density at radius 2 is 2.07 bits per heavy atom. The van der Waals surface area contributed by atoms with Crippen LogP contribution in [0.15, 0.2) is 28.6 Å². The molecule has 2 N–H and O–H groups in total. The van der Waals surface area contributed by atoms with E-state index >= 15 is 0 Å². The van der Waals surface area contributed by atoms with E-state index in [9.17, 15) is 13.2 Å². The molecule has 0 aliphatic heterocycles.